The molecule has 0 unspecified atom stereocenters. The molecule has 18 heavy (non-hydrogen) atoms. The Morgan fingerprint density at radius 1 is 1.44 bits per heavy atom. The standard InChI is InChI=1S/C10H11BrN2O4S/c1-12(2)10(18)17-8-5-7(13(14)15)9(16-3)4-6(8)11/h4-5H,1-3H3. The SMILES string of the molecule is COc1cc(Br)c(OC(=S)N(C)C)cc1[N+](=O)[O-]. The summed E-state index contributed by atoms with van der Waals surface area (Å²) in [5.41, 5.74) is -0.183. The van der Waals surface area contributed by atoms with Crippen LogP contribution in [0.3, 0.4) is 0 Å². The maximum absolute atomic E-state index is 10.9. The summed E-state index contributed by atoms with van der Waals surface area (Å²) in [7, 11) is 4.79. The van der Waals surface area contributed by atoms with Crippen LogP contribution < -0.4 is 9.47 Å². The van der Waals surface area contributed by atoms with Gasteiger partial charge in [-0.1, -0.05) is 0 Å². The second kappa shape index (κ2) is 5.96. The largest absolute Gasteiger partial charge is 0.490 e. The van der Waals surface area contributed by atoms with Crippen LogP contribution in [-0.2, 0) is 0 Å². The Kier molecular flexibility index (Phi) is 4.85. The Labute approximate surface area is 118 Å². The van der Waals surface area contributed by atoms with Crippen molar-refractivity contribution in [3.63, 3.8) is 0 Å². The van der Waals surface area contributed by atoms with Crippen molar-refractivity contribution in [3.05, 3.63) is 26.7 Å². The first-order chi connectivity index (χ1) is 8.36. The normalized spacial score (nSPS) is 9.78. The van der Waals surface area contributed by atoms with Crippen LogP contribution in [0, 0.1) is 10.1 Å². The summed E-state index contributed by atoms with van der Waals surface area (Å²) in [6.07, 6.45) is 0. The van der Waals surface area contributed by atoms with Crippen molar-refractivity contribution in [2.24, 2.45) is 0 Å². The Hall–Kier alpha value is -1.41. The molecule has 0 saturated heterocycles. The monoisotopic (exact) mass is 334 g/mol. The van der Waals surface area contributed by atoms with Gasteiger partial charge in [0.05, 0.1) is 22.6 Å². The number of rotatable bonds is 3. The van der Waals surface area contributed by atoms with Gasteiger partial charge in [-0.25, -0.2) is 0 Å². The van der Waals surface area contributed by atoms with Gasteiger partial charge in [-0.05, 0) is 28.1 Å². The van der Waals surface area contributed by atoms with Crippen molar-refractivity contribution < 1.29 is 14.4 Å². The summed E-state index contributed by atoms with van der Waals surface area (Å²) in [5, 5.41) is 11.1. The molecule has 0 bridgehead atoms. The molecule has 0 atom stereocenters. The summed E-state index contributed by atoms with van der Waals surface area (Å²) in [6.45, 7) is 0. The second-order valence-electron chi connectivity index (χ2n) is 3.47. The molecule has 0 aliphatic rings. The Morgan fingerprint density at radius 2 is 2.06 bits per heavy atom. The lowest BCUT2D eigenvalue weighted by Crippen LogP contribution is -2.25. The van der Waals surface area contributed by atoms with E-state index in [1.54, 1.807) is 19.0 Å². The maximum Gasteiger partial charge on any atom is 0.314 e. The van der Waals surface area contributed by atoms with E-state index < -0.39 is 4.92 Å². The molecule has 0 fully saturated rings. The molecule has 0 spiro atoms. The highest BCUT2D eigenvalue weighted by molar-refractivity contribution is 9.10. The molecule has 0 radical (unpaired) electrons. The van der Waals surface area contributed by atoms with Crippen LogP contribution in [-0.4, -0.2) is 36.2 Å². The quantitative estimate of drug-likeness (QED) is 0.481. The molecular weight excluding hydrogens is 324 g/mol. The average molecular weight is 335 g/mol. The van der Waals surface area contributed by atoms with Crippen LogP contribution in [0.15, 0.2) is 16.6 Å². The predicted octanol–water partition coefficient (Wildman–Crippen LogP) is 2.59. The fourth-order valence-corrected chi connectivity index (χ4v) is 1.59. The number of methoxy groups -OCH3 is 1. The zero-order valence-corrected chi connectivity index (χ0v) is 12.4. The highest BCUT2D eigenvalue weighted by atomic mass is 79.9. The van der Waals surface area contributed by atoms with E-state index in [4.69, 9.17) is 21.7 Å². The van der Waals surface area contributed by atoms with Gasteiger partial charge in [-0.15, -0.1) is 0 Å². The van der Waals surface area contributed by atoms with Crippen LogP contribution in [0.25, 0.3) is 0 Å². The third kappa shape index (κ3) is 3.30. The van der Waals surface area contributed by atoms with Gasteiger partial charge in [-0.2, -0.15) is 0 Å². The first-order valence-corrected chi connectivity index (χ1v) is 5.98. The number of hydrogen-bond donors (Lipinski definition) is 0. The number of thiocarbonyl (C=S) groups is 1. The van der Waals surface area contributed by atoms with Gasteiger partial charge in [-0.3, -0.25) is 10.1 Å². The minimum atomic E-state index is -0.545. The summed E-state index contributed by atoms with van der Waals surface area (Å²) >= 11 is 8.21. The number of nitrogens with zero attached hydrogens (tertiary/aromatic N) is 2. The molecule has 8 heteroatoms. The third-order valence-electron chi connectivity index (χ3n) is 1.99. The predicted molar refractivity (Wildman–Crippen MR) is 74.3 cm³/mol. The van der Waals surface area contributed by atoms with Crippen molar-refractivity contribution in [3.8, 4) is 11.5 Å². The molecular formula is C10H11BrN2O4S. The van der Waals surface area contributed by atoms with E-state index in [0.717, 1.165) is 0 Å². The minimum absolute atomic E-state index is 0.148. The summed E-state index contributed by atoms with van der Waals surface area (Å²) in [4.78, 5) is 11.9. The molecule has 0 aromatic heterocycles. The number of ether oxygens (including phenoxy) is 2. The van der Waals surface area contributed by atoms with Crippen LogP contribution in [0.4, 0.5) is 5.69 Å². The molecule has 0 saturated carbocycles. The smallest absolute Gasteiger partial charge is 0.314 e. The van der Waals surface area contributed by atoms with E-state index in [-0.39, 0.29) is 22.4 Å². The molecule has 98 valence electrons. The molecule has 1 aromatic carbocycles. The van der Waals surface area contributed by atoms with Gasteiger partial charge in [0, 0.05) is 20.2 Å². The van der Waals surface area contributed by atoms with E-state index >= 15 is 0 Å². The Balaban J connectivity index is 3.17. The molecule has 0 aliphatic heterocycles. The van der Waals surface area contributed by atoms with Crippen molar-refractivity contribution >= 4 is 39.0 Å². The van der Waals surface area contributed by atoms with Crippen molar-refractivity contribution in [1.82, 2.24) is 4.90 Å². The molecule has 0 heterocycles. The van der Waals surface area contributed by atoms with Gasteiger partial charge in [0.2, 0.25) is 0 Å². The van der Waals surface area contributed by atoms with E-state index in [9.17, 15) is 10.1 Å². The minimum Gasteiger partial charge on any atom is -0.490 e. The zero-order chi connectivity index (χ0) is 13.9. The topological polar surface area (TPSA) is 64.8 Å². The van der Waals surface area contributed by atoms with Crippen LogP contribution in [0.2, 0.25) is 0 Å². The number of nitro groups is 1. The summed E-state index contributed by atoms with van der Waals surface area (Å²) < 4.78 is 10.8. The van der Waals surface area contributed by atoms with E-state index in [2.05, 4.69) is 15.9 Å². The highest BCUT2D eigenvalue weighted by Crippen LogP contribution is 2.37. The van der Waals surface area contributed by atoms with E-state index in [0.29, 0.717) is 4.47 Å². The van der Waals surface area contributed by atoms with Crippen molar-refractivity contribution in [1.29, 1.82) is 0 Å². The fourth-order valence-electron chi connectivity index (χ4n) is 1.09. The van der Waals surface area contributed by atoms with Gasteiger partial charge < -0.3 is 14.4 Å². The molecule has 0 aliphatic carbocycles. The first kappa shape index (κ1) is 14.7. The molecule has 1 aromatic rings. The van der Waals surface area contributed by atoms with Gasteiger partial charge >= 0.3 is 5.69 Å². The molecule has 0 amide bonds. The van der Waals surface area contributed by atoms with Crippen molar-refractivity contribution in [2.45, 2.75) is 0 Å². The maximum atomic E-state index is 10.9. The van der Waals surface area contributed by atoms with E-state index in [1.807, 2.05) is 0 Å². The first-order valence-electron chi connectivity index (χ1n) is 4.78. The van der Waals surface area contributed by atoms with Gasteiger partial charge in [0.15, 0.2) is 11.5 Å². The number of halogens is 1. The summed E-state index contributed by atoms with van der Waals surface area (Å²) in [5.74, 6) is 0.413. The van der Waals surface area contributed by atoms with Crippen LogP contribution >= 0.6 is 28.1 Å². The zero-order valence-electron chi connectivity index (χ0n) is 9.97. The fraction of sp³-hybridized carbons (Fsp3) is 0.300. The molecule has 1 rings (SSSR count). The average Bonchev–Trinajstić information content (AvgIpc) is 2.30. The Bertz CT molecular complexity index is 493. The number of hydrogen-bond acceptors (Lipinski definition) is 5. The lowest BCUT2D eigenvalue weighted by atomic mass is 10.3. The van der Waals surface area contributed by atoms with E-state index in [1.165, 1.54) is 19.2 Å². The molecule has 6 nitrogen and oxygen atoms in total. The lowest BCUT2D eigenvalue weighted by Gasteiger charge is -2.15. The number of benzene rings is 1. The number of nitro benzene ring substituents is 1. The van der Waals surface area contributed by atoms with Gasteiger partial charge in [0.1, 0.15) is 0 Å². The highest BCUT2D eigenvalue weighted by Gasteiger charge is 2.20. The lowest BCUT2D eigenvalue weighted by molar-refractivity contribution is -0.385. The summed E-state index contributed by atoms with van der Waals surface area (Å²) in [6, 6.07) is 2.73. The molecule has 0 N–H and O–H groups in total. The van der Waals surface area contributed by atoms with Gasteiger partial charge in [0.25, 0.3) is 5.17 Å². The van der Waals surface area contributed by atoms with Crippen LogP contribution in [0.5, 0.6) is 11.5 Å². The third-order valence-corrected chi connectivity index (χ3v) is 3.06. The second-order valence-corrected chi connectivity index (χ2v) is 4.68. The Morgan fingerprint density at radius 3 is 2.50 bits per heavy atom. The van der Waals surface area contributed by atoms with Crippen LogP contribution in [0.1, 0.15) is 0 Å². The van der Waals surface area contributed by atoms with Crippen molar-refractivity contribution in [2.75, 3.05) is 21.2 Å².